The molecule has 0 N–H and O–H groups in total. The van der Waals surface area contributed by atoms with E-state index < -0.39 is 5.97 Å². The molecule has 0 fully saturated rings. The van der Waals surface area contributed by atoms with Crippen molar-refractivity contribution in [3.8, 4) is 0 Å². The molecule has 76 valence electrons. The van der Waals surface area contributed by atoms with Gasteiger partial charge in [0.2, 0.25) is 0 Å². The highest BCUT2D eigenvalue weighted by atomic mass is 16.5. The number of carbonyl (C=O) groups excluding carboxylic acids is 2. The lowest BCUT2D eigenvalue weighted by molar-refractivity contribution is -0.305. The fourth-order valence-electron chi connectivity index (χ4n) is 1.03. The summed E-state index contributed by atoms with van der Waals surface area (Å²) in [6.45, 7) is 0.903. The average Bonchev–Trinajstić information content (AvgIpc) is 2.09. The molecule has 0 saturated carbocycles. The molecule has 0 aliphatic heterocycles. The molecule has 0 unspecified atom stereocenters. The molecule has 0 aliphatic carbocycles. The van der Waals surface area contributed by atoms with Gasteiger partial charge in [0, 0.05) is 5.97 Å². The first-order valence-corrected chi connectivity index (χ1v) is 4.52. The molecule has 0 heterocycles. The topological polar surface area (TPSA) is 66.4 Å². The van der Waals surface area contributed by atoms with Crippen LogP contribution >= 0.6 is 0 Å². The molecular weight excluding hydrogens is 172 g/mol. The maximum atomic E-state index is 10.0. The maximum absolute atomic E-state index is 10.0. The van der Waals surface area contributed by atoms with E-state index in [0.29, 0.717) is 19.5 Å². The quantitative estimate of drug-likeness (QED) is 0.383. The zero-order valence-electron chi connectivity index (χ0n) is 7.66. The van der Waals surface area contributed by atoms with Crippen molar-refractivity contribution >= 4 is 12.4 Å². The van der Waals surface area contributed by atoms with Gasteiger partial charge in [0.1, 0.15) is 0 Å². The van der Waals surface area contributed by atoms with Crippen LogP contribution in [-0.2, 0) is 14.3 Å². The summed E-state index contributed by atoms with van der Waals surface area (Å²) >= 11 is 0. The average molecular weight is 187 g/mol. The van der Waals surface area contributed by atoms with Crippen molar-refractivity contribution in [2.75, 3.05) is 6.61 Å². The summed E-state index contributed by atoms with van der Waals surface area (Å²) in [7, 11) is 0. The predicted octanol–water partition coefficient (Wildman–Crippen LogP) is 0.250. The summed E-state index contributed by atoms with van der Waals surface area (Å²) in [6, 6.07) is 0. The lowest BCUT2D eigenvalue weighted by Crippen LogP contribution is -2.21. The summed E-state index contributed by atoms with van der Waals surface area (Å²) in [5.74, 6) is -0.982. The van der Waals surface area contributed by atoms with Crippen LogP contribution in [0.15, 0.2) is 0 Å². The molecule has 0 rings (SSSR count). The number of rotatable bonds is 9. The van der Waals surface area contributed by atoms with Crippen LogP contribution in [-0.4, -0.2) is 19.0 Å². The number of hydrogen-bond acceptors (Lipinski definition) is 4. The Bertz CT molecular complexity index is 145. The zero-order chi connectivity index (χ0) is 9.94. The molecule has 0 atom stereocenters. The molecule has 13 heavy (non-hydrogen) atoms. The van der Waals surface area contributed by atoms with Crippen molar-refractivity contribution in [1.82, 2.24) is 0 Å². The monoisotopic (exact) mass is 187 g/mol. The van der Waals surface area contributed by atoms with Crippen molar-refractivity contribution in [3.63, 3.8) is 0 Å². The highest BCUT2D eigenvalue weighted by Gasteiger charge is 1.91. The van der Waals surface area contributed by atoms with Gasteiger partial charge in [-0.05, 0) is 19.3 Å². The third-order valence-electron chi connectivity index (χ3n) is 1.71. The van der Waals surface area contributed by atoms with Gasteiger partial charge in [0.05, 0.1) is 6.61 Å². The van der Waals surface area contributed by atoms with Crippen LogP contribution in [0.2, 0.25) is 0 Å². The van der Waals surface area contributed by atoms with Gasteiger partial charge in [0.15, 0.2) is 0 Å². The summed E-state index contributed by atoms with van der Waals surface area (Å²) in [6.07, 6.45) is 4.53. The fraction of sp³-hybridized carbons (Fsp3) is 0.778. The van der Waals surface area contributed by atoms with Crippen LogP contribution in [0, 0.1) is 0 Å². The molecule has 0 aliphatic rings. The molecule has 0 saturated heterocycles. The van der Waals surface area contributed by atoms with Crippen molar-refractivity contribution in [3.05, 3.63) is 0 Å². The predicted molar refractivity (Wildman–Crippen MR) is 44.7 cm³/mol. The van der Waals surface area contributed by atoms with Crippen LogP contribution < -0.4 is 5.11 Å². The van der Waals surface area contributed by atoms with E-state index >= 15 is 0 Å². The Balaban J connectivity index is 2.91. The zero-order valence-corrected chi connectivity index (χ0v) is 7.66. The van der Waals surface area contributed by atoms with Crippen molar-refractivity contribution < 1.29 is 19.4 Å². The molecule has 4 heteroatoms. The van der Waals surface area contributed by atoms with Crippen molar-refractivity contribution in [2.24, 2.45) is 0 Å². The number of carbonyl (C=O) groups is 2. The van der Waals surface area contributed by atoms with Crippen molar-refractivity contribution in [2.45, 2.75) is 38.5 Å². The first-order chi connectivity index (χ1) is 6.27. The van der Waals surface area contributed by atoms with Gasteiger partial charge in [-0.15, -0.1) is 0 Å². The molecule has 0 bridgehead atoms. The Labute approximate surface area is 77.9 Å². The van der Waals surface area contributed by atoms with Gasteiger partial charge < -0.3 is 14.6 Å². The molecule has 0 aromatic rings. The Kier molecular flexibility index (Phi) is 8.30. The van der Waals surface area contributed by atoms with Gasteiger partial charge in [-0.25, -0.2) is 0 Å². The van der Waals surface area contributed by atoms with E-state index in [2.05, 4.69) is 4.74 Å². The summed E-state index contributed by atoms with van der Waals surface area (Å²) < 4.78 is 4.49. The number of carboxylic acid groups (broad SMARTS) is 1. The Morgan fingerprint density at radius 3 is 2.38 bits per heavy atom. The highest BCUT2D eigenvalue weighted by molar-refractivity contribution is 5.63. The molecular formula is C9H15O4-. The number of aliphatic carboxylic acids is 1. The number of hydrogen-bond donors (Lipinski definition) is 0. The minimum atomic E-state index is -0.982. The first-order valence-electron chi connectivity index (χ1n) is 4.52. The van der Waals surface area contributed by atoms with E-state index in [4.69, 9.17) is 0 Å². The summed E-state index contributed by atoms with van der Waals surface area (Å²) in [4.78, 5) is 19.7. The summed E-state index contributed by atoms with van der Waals surface area (Å²) in [5.41, 5.74) is 0. The SMILES string of the molecule is O=COCCCCCCCC(=O)[O-]. The number of unbranched alkanes of at least 4 members (excludes halogenated alkanes) is 4. The normalized spacial score (nSPS) is 9.54. The second-order valence-electron chi connectivity index (χ2n) is 2.86. The van der Waals surface area contributed by atoms with E-state index in [1.807, 2.05) is 0 Å². The molecule has 4 nitrogen and oxygen atoms in total. The smallest absolute Gasteiger partial charge is 0.293 e. The van der Waals surface area contributed by atoms with Crippen LogP contribution in [0.1, 0.15) is 38.5 Å². The van der Waals surface area contributed by atoms with Gasteiger partial charge >= 0.3 is 0 Å². The molecule has 0 spiro atoms. The third kappa shape index (κ3) is 10.9. The lowest BCUT2D eigenvalue weighted by Gasteiger charge is -2.01. The van der Waals surface area contributed by atoms with Crippen LogP contribution in [0.5, 0.6) is 0 Å². The van der Waals surface area contributed by atoms with Gasteiger partial charge in [-0.3, -0.25) is 4.79 Å². The summed E-state index contributed by atoms with van der Waals surface area (Å²) in [5, 5.41) is 10.0. The van der Waals surface area contributed by atoms with Crippen LogP contribution in [0.4, 0.5) is 0 Å². The Hall–Kier alpha value is -1.06. The highest BCUT2D eigenvalue weighted by Crippen LogP contribution is 2.04. The largest absolute Gasteiger partial charge is 0.550 e. The van der Waals surface area contributed by atoms with Gasteiger partial charge in [0.25, 0.3) is 6.47 Å². The van der Waals surface area contributed by atoms with Gasteiger partial charge in [-0.2, -0.15) is 0 Å². The minimum Gasteiger partial charge on any atom is -0.550 e. The van der Waals surface area contributed by atoms with E-state index in [1.54, 1.807) is 0 Å². The van der Waals surface area contributed by atoms with Crippen molar-refractivity contribution in [1.29, 1.82) is 0 Å². The lowest BCUT2D eigenvalue weighted by atomic mass is 10.1. The second kappa shape index (κ2) is 9.03. The first kappa shape index (κ1) is 11.9. The number of ether oxygens (including phenoxy) is 1. The Morgan fingerprint density at radius 2 is 1.77 bits per heavy atom. The molecule has 0 aromatic carbocycles. The second-order valence-corrected chi connectivity index (χ2v) is 2.86. The maximum Gasteiger partial charge on any atom is 0.293 e. The van der Waals surface area contributed by atoms with Crippen LogP contribution in [0.3, 0.4) is 0 Å². The fourth-order valence-corrected chi connectivity index (χ4v) is 1.03. The van der Waals surface area contributed by atoms with E-state index in [-0.39, 0.29) is 6.42 Å². The molecule has 0 aromatic heterocycles. The number of carboxylic acids is 1. The van der Waals surface area contributed by atoms with Gasteiger partial charge in [-0.1, -0.05) is 19.3 Å². The molecule has 0 radical (unpaired) electrons. The standard InChI is InChI=1S/C9H16O4/c10-8-13-7-5-3-1-2-4-6-9(11)12/h8H,1-7H2,(H,11,12)/p-1. The third-order valence-corrected chi connectivity index (χ3v) is 1.71. The minimum absolute atomic E-state index is 0.144. The van der Waals surface area contributed by atoms with Crippen LogP contribution in [0.25, 0.3) is 0 Å². The van der Waals surface area contributed by atoms with E-state index in [9.17, 15) is 14.7 Å². The Morgan fingerprint density at radius 1 is 1.15 bits per heavy atom. The van der Waals surface area contributed by atoms with E-state index in [0.717, 1.165) is 25.7 Å². The van der Waals surface area contributed by atoms with E-state index in [1.165, 1.54) is 0 Å². The molecule has 0 amide bonds.